The van der Waals surface area contributed by atoms with Crippen molar-refractivity contribution < 1.29 is 4.79 Å². The topological polar surface area (TPSA) is 63.5 Å². The molecule has 1 amide bonds. The van der Waals surface area contributed by atoms with Crippen LogP contribution in [0.25, 0.3) is 16.2 Å². The first-order chi connectivity index (χ1) is 11.1. The second-order valence-electron chi connectivity index (χ2n) is 5.69. The summed E-state index contributed by atoms with van der Waals surface area (Å²) < 4.78 is 1.50. The van der Waals surface area contributed by atoms with Gasteiger partial charge in [0.05, 0.1) is 5.69 Å². The zero-order valence-electron chi connectivity index (χ0n) is 12.9. The van der Waals surface area contributed by atoms with Crippen molar-refractivity contribution in [2.24, 2.45) is 5.92 Å². The Labute approximate surface area is 137 Å². The molecule has 0 saturated carbocycles. The molecule has 0 aliphatic carbocycles. The zero-order chi connectivity index (χ0) is 16.4. The van der Waals surface area contributed by atoms with Gasteiger partial charge in [-0.1, -0.05) is 44.2 Å². The van der Waals surface area contributed by atoms with E-state index in [-0.39, 0.29) is 17.0 Å². The highest BCUT2D eigenvalue weighted by molar-refractivity contribution is 7.15. The van der Waals surface area contributed by atoms with Gasteiger partial charge >= 0.3 is 0 Å². The van der Waals surface area contributed by atoms with Crippen molar-refractivity contribution in [2.75, 3.05) is 6.54 Å². The van der Waals surface area contributed by atoms with Crippen LogP contribution in [0.1, 0.15) is 24.2 Å². The molecule has 3 rings (SSSR count). The van der Waals surface area contributed by atoms with Crippen LogP contribution in [0.5, 0.6) is 0 Å². The first-order valence-corrected chi connectivity index (χ1v) is 8.28. The van der Waals surface area contributed by atoms with Gasteiger partial charge in [-0.05, 0) is 11.5 Å². The number of carbonyl (C=O) groups excluding carboxylic acids is 1. The van der Waals surface area contributed by atoms with Crippen molar-refractivity contribution in [1.82, 2.24) is 14.7 Å². The second kappa shape index (κ2) is 6.34. The Balaban J connectivity index is 2.08. The number of carbonyl (C=O) groups is 1. The lowest BCUT2D eigenvalue weighted by atomic mass is 10.2. The normalized spacial score (nSPS) is 11.1. The number of nitrogens with zero attached hydrogens (tertiary/aromatic N) is 2. The molecule has 6 heteroatoms. The van der Waals surface area contributed by atoms with Crippen LogP contribution in [0.3, 0.4) is 0 Å². The Kier molecular flexibility index (Phi) is 4.25. The molecule has 5 nitrogen and oxygen atoms in total. The Morgan fingerprint density at radius 3 is 2.74 bits per heavy atom. The smallest absolute Gasteiger partial charge is 0.271 e. The molecule has 1 aromatic carbocycles. The van der Waals surface area contributed by atoms with E-state index < -0.39 is 0 Å². The fourth-order valence-electron chi connectivity index (χ4n) is 2.25. The minimum Gasteiger partial charge on any atom is -0.352 e. The van der Waals surface area contributed by atoms with Crippen molar-refractivity contribution in [3.05, 3.63) is 57.8 Å². The van der Waals surface area contributed by atoms with E-state index in [2.05, 4.69) is 10.3 Å². The van der Waals surface area contributed by atoms with Crippen molar-refractivity contribution >= 4 is 22.2 Å². The fraction of sp³-hybridized carbons (Fsp3) is 0.235. The Bertz CT molecular complexity index is 897. The van der Waals surface area contributed by atoms with Crippen LogP contribution in [0.2, 0.25) is 0 Å². The van der Waals surface area contributed by atoms with Crippen molar-refractivity contribution in [3.8, 4) is 11.3 Å². The van der Waals surface area contributed by atoms with Gasteiger partial charge in [-0.2, -0.15) is 0 Å². The van der Waals surface area contributed by atoms with Crippen LogP contribution in [0, 0.1) is 5.92 Å². The number of hydrogen-bond acceptors (Lipinski definition) is 4. The summed E-state index contributed by atoms with van der Waals surface area (Å²) in [6.45, 7) is 4.53. The van der Waals surface area contributed by atoms with Gasteiger partial charge in [-0.3, -0.25) is 14.0 Å². The van der Waals surface area contributed by atoms with Crippen LogP contribution >= 0.6 is 11.3 Å². The zero-order valence-corrected chi connectivity index (χ0v) is 13.8. The highest BCUT2D eigenvalue weighted by Crippen LogP contribution is 2.23. The molecule has 1 N–H and O–H groups in total. The van der Waals surface area contributed by atoms with E-state index in [1.54, 1.807) is 0 Å². The van der Waals surface area contributed by atoms with E-state index in [0.29, 0.717) is 17.4 Å². The maximum atomic E-state index is 12.7. The maximum Gasteiger partial charge on any atom is 0.271 e. The fourth-order valence-corrected chi connectivity index (χ4v) is 3.11. The lowest BCUT2D eigenvalue weighted by molar-refractivity contribution is 0.0947. The Morgan fingerprint density at radius 1 is 1.30 bits per heavy atom. The van der Waals surface area contributed by atoms with Crippen LogP contribution in [0.15, 0.2) is 46.7 Å². The van der Waals surface area contributed by atoms with Crippen LogP contribution in [-0.2, 0) is 0 Å². The summed E-state index contributed by atoms with van der Waals surface area (Å²) in [4.78, 5) is 29.8. The van der Waals surface area contributed by atoms with Crippen molar-refractivity contribution in [2.45, 2.75) is 13.8 Å². The minimum atomic E-state index is -0.379. The highest BCUT2D eigenvalue weighted by Gasteiger charge is 2.16. The highest BCUT2D eigenvalue weighted by atomic mass is 32.1. The minimum absolute atomic E-state index is 0.0683. The predicted octanol–water partition coefficient (Wildman–Crippen LogP) is 2.81. The average Bonchev–Trinajstić information content (AvgIpc) is 2.99. The second-order valence-corrected chi connectivity index (χ2v) is 6.52. The van der Waals surface area contributed by atoms with Crippen molar-refractivity contribution in [1.29, 1.82) is 0 Å². The van der Waals surface area contributed by atoms with Gasteiger partial charge in [0.15, 0.2) is 4.96 Å². The summed E-state index contributed by atoms with van der Waals surface area (Å²) >= 11 is 1.38. The van der Waals surface area contributed by atoms with E-state index in [0.717, 1.165) is 11.3 Å². The van der Waals surface area contributed by atoms with E-state index in [9.17, 15) is 9.59 Å². The molecular formula is C17H17N3O2S. The number of nitrogens with one attached hydrogen (secondary N) is 1. The first kappa shape index (κ1) is 15.4. The third-order valence-electron chi connectivity index (χ3n) is 3.43. The predicted molar refractivity (Wildman–Crippen MR) is 91.9 cm³/mol. The molecule has 0 aliphatic rings. The van der Waals surface area contributed by atoms with Gasteiger partial charge in [0.1, 0.15) is 5.56 Å². The van der Waals surface area contributed by atoms with Gasteiger partial charge in [0.25, 0.3) is 11.5 Å². The largest absolute Gasteiger partial charge is 0.352 e. The molecule has 0 radical (unpaired) electrons. The van der Waals surface area contributed by atoms with Crippen LogP contribution < -0.4 is 10.9 Å². The van der Waals surface area contributed by atoms with E-state index in [1.807, 2.05) is 49.6 Å². The number of fused-ring (bicyclic) bond motifs is 1. The van der Waals surface area contributed by atoms with Crippen molar-refractivity contribution in [3.63, 3.8) is 0 Å². The van der Waals surface area contributed by atoms with Crippen LogP contribution in [0.4, 0.5) is 0 Å². The van der Waals surface area contributed by atoms with Gasteiger partial charge in [0, 0.05) is 18.1 Å². The number of aromatic nitrogens is 2. The van der Waals surface area contributed by atoms with E-state index in [4.69, 9.17) is 0 Å². The number of hydrogen-bond donors (Lipinski definition) is 1. The molecular weight excluding hydrogens is 310 g/mol. The summed E-state index contributed by atoms with van der Waals surface area (Å²) in [6.07, 6.45) is 1.36. The van der Waals surface area contributed by atoms with E-state index >= 15 is 0 Å². The molecule has 2 heterocycles. The maximum absolute atomic E-state index is 12.7. The van der Waals surface area contributed by atoms with Crippen LogP contribution in [-0.4, -0.2) is 21.8 Å². The molecule has 0 fully saturated rings. The molecule has 0 unspecified atom stereocenters. The Hall–Kier alpha value is -2.47. The first-order valence-electron chi connectivity index (χ1n) is 7.41. The number of amides is 1. The SMILES string of the molecule is CC(C)CNC(=O)c1cnc2scc(-c3ccccc3)n2c1=O. The summed E-state index contributed by atoms with van der Waals surface area (Å²) in [7, 11) is 0. The third-order valence-corrected chi connectivity index (χ3v) is 4.27. The Morgan fingerprint density at radius 2 is 2.04 bits per heavy atom. The molecule has 118 valence electrons. The van der Waals surface area contributed by atoms with Gasteiger partial charge in [-0.15, -0.1) is 11.3 Å². The van der Waals surface area contributed by atoms with Gasteiger partial charge in [0.2, 0.25) is 0 Å². The molecule has 2 aromatic heterocycles. The number of benzene rings is 1. The molecule has 0 saturated heterocycles. The molecule has 0 atom stereocenters. The lowest BCUT2D eigenvalue weighted by Gasteiger charge is -2.07. The summed E-state index contributed by atoms with van der Waals surface area (Å²) in [5.41, 5.74) is 1.40. The number of thiazole rings is 1. The lowest BCUT2D eigenvalue weighted by Crippen LogP contribution is -2.33. The third kappa shape index (κ3) is 3.03. The average molecular weight is 327 g/mol. The van der Waals surface area contributed by atoms with Gasteiger partial charge in [-0.25, -0.2) is 4.98 Å². The number of rotatable bonds is 4. The standard InChI is InChI=1S/C17H17N3O2S/c1-11(2)8-18-15(21)13-9-19-17-20(16(13)22)14(10-23-17)12-6-4-3-5-7-12/h3-7,9-11H,8H2,1-2H3,(H,18,21). The van der Waals surface area contributed by atoms with Gasteiger partial charge < -0.3 is 5.32 Å². The molecule has 0 spiro atoms. The quantitative estimate of drug-likeness (QED) is 0.801. The molecule has 0 bridgehead atoms. The van der Waals surface area contributed by atoms with E-state index in [1.165, 1.54) is 21.9 Å². The summed E-state index contributed by atoms with van der Waals surface area (Å²) in [6, 6.07) is 9.61. The summed E-state index contributed by atoms with van der Waals surface area (Å²) in [5.74, 6) is -0.0600. The molecule has 3 aromatic rings. The molecule has 23 heavy (non-hydrogen) atoms. The summed E-state index contributed by atoms with van der Waals surface area (Å²) in [5, 5.41) is 4.65. The monoisotopic (exact) mass is 327 g/mol. The molecule has 0 aliphatic heterocycles.